The van der Waals surface area contributed by atoms with E-state index in [1.54, 1.807) is 0 Å². The van der Waals surface area contributed by atoms with Crippen molar-refractivity contribution < 1.29 is 17.9 Å². The largest absolute Gasteiger partial charge is 0.465 e. The molecule has 1 fully saturated rings. The van der Waals surface area contributed by atoms with Crippen LogP contribution in [0, 0.1) is 5.92 Å². The summed E-state index contributed by atoms with van der Waals surface area (Å²) in [5.74, 6) is -0.0387. The third kappa shape index (κ3) is 4.53. The van der Waals surface area contributed by atoms with Crippen LogP contribution in [0.5, 0.6) is 0 Å². The lowest BCUT2D eigenvalue weighted by Crippen LogP contribution is -2.33. The zero-order chi connectivity index (χ0) is 16.0. The van der Waals surface area contributed by atoms with Crippen molar-refractivity contribution in [3.63, 3.8) is 0 Å². The molecule has 2 rings (SSSR count). The fraction of sp³-hybridized carbons (Fsp3) is 0.533. The smallest absolute Gasteiger partial charge is 0.337 e. The Kier molecular flexibility index (Phi) is 5.93. The molecular weight excluding hydrogens is 304 g/mol. The molecule has 0 radical (unpaired) electrons. The minimum Gasteiger partial charge on any atom is -0.465 e. The standard InChI is InChI=1S/C15H22N2O4S/c1-21-15(18)13-5-2-6-14(10-13)22(19,20)17-9-7-12-4-3-8-16-11-12/h2,5-6,10,12,16-17H,3-4,7-9,11H2,1H3. The van der Waals surface area contributed by atoms with E-state index in [0.29, 0.717) is 12.5 Å². The Balaban J connectivity index is 1.96. The first-order valence-electron chi connectivity index (χ1n) is 7.41. The molecule has 1 aliphatic heterocycles. The SMILES string of the molecule is COC(=O)c1cccc(S(=O)(=O)NCCC2CCCNC2)c1. The Morgan fingerprint density at radius 1 is 1.45 bits per heavy atom. The number of piperidine rings is 1. The first kappa shape index (κ1) is 16.9. The van der Waals surface area contributed by atoms with Crippen molar-refractivity contribution in [1.82, 2.24) is 10.0 Å². The Labute approximate surface area is 131 Å². The Morgan fingerprint density at radius 3 is 2.95 bits per heavy atom. The van der Waals surface area contributed by atoms with E-state index in [-0.39, 0.29) is 10.5 Å². The van der Waals surface area contributed by atoms with Gasteiger partial charge in [0.05, 0.1) is 17.6 Å². The van der Waals surface area contributed by atoms with Gasteiger partial charge in [-0.15, -0.1) is 0 Å². The third-order valence-corrected chi connectivity index (χ3v) is 5.27. The average molecular weight is 326 g/mol. The van der Waals surface area contributed by atoms with Crippen molar-refractivity contribution in [1.29, 1.82) is 0 Å². The third-order valence-electron chi connectivity index (χ3n) is 3.81. The maximum absolute atomic E-state index is 12.3. The second-order valence-corrected chi connectivity index (χ2v) is 7.19. The quantitative estimate of drug-likeness (QED) is 0.766. The summed E-state index contributed by atoms with van der Waals surface area (Å²) in [6.07, 6.45) is 3.08. The molecule has 0 amide bonds. The average Bonchev–Trinajstić information content (AvgIpc) is 2.55. The molecule has 1 saturated heterocycles. The summed E-state index contributed by atoms with van der Waals surface area (Å²) in [7, 11) is -2.34. The monoisotopic (exact) mass is 326 g/mol. The first-order chi connectivity index (χ1) is 10.5. The number of carbonyl (C=O) groups is 1. The molecule has 122 valence electrons. The van der Waals surface area contributed by atoms with E-state index in [9.17, 15) is 13.2 Å². The number of sulfonamides is 1. The maximum atomic E-state index is 12.3. The van der Waals surface area contributed by atoms with Crippen molar-refractivity contribution in [3.05, 3.63) is 29.8 Å². The van der Waals surface area contributed by atoms with Gasteiger partial charge in [0.2, 0.25) is 10.0 Å². The summed E-state index contributed by atoms with van der Waals surface area (Å²) in [6, 6.07) is 5.86. The fourth-order valence-corrected chi connectivity index (χ4v) is 3.65. The minimum absolute atomic E-state index is 0.0807. The fourth-order valence-electron chi connectivity index (χ4n) is 2.56. The van der Waals surface area contributed by atoms with E-state index in [1.807, 2.05) is 0 Å². The Hall–Kier alpha value is -1.44. The molecule has 1 heterocycles. The molecule has 1 atom stereocenters. The van der Waals surface area contributed by atoms with Crippen LogP contribution >= 0.6 is 0 Å². The molecule has 1 aliphatic rings. The van der Waals surface area contributed by atoms with Gasteiger partial charge >= 0.3 is 5.97 Å². The molecule has 0 spiro atoms. The Morgan fingerprint density at radius 2 is 2.27 bits per heavy atom. The maximum Gasteiger partial charge on any atom is 0.337 e. The van der Waals surface area contributed by atoms with Crippen LogP contribution in [-0.2, 0) is 14.8 Å². The molecule has 1 aromatic rings. The van der Waals surface area contributed by atoms with Gasteiger partial charge in [0.15, 0.2) is 0 Å². The zero-order valence-corrected chi connectivity index (χ0v) is 13.5. The van der Waals surface area contributed by atoms with Crippen LogP contribution in [0.15, 0.2) is 29.2 Å². The second-order valence-electron chi connectivity index (χ2n) is 5.42. The molecule has 0 aliphatic carbocycles. The van der Waals surface area contributed by atoms with Crippen molar-refractivity contribution in [2.45, 2.75) is 24.2 Å². The second kappa shape index (κ2) is 7.71. The van der Waals surface area contributed by atoms with Crippen LogP contribution in [0.4, 0.5) is 0 Å². The van der Waals surface area contributed by atoms with E-state index in [1.165, 1.54) is 31.4 Å². The molecular formula is C15H22N2O4S. The van der Waals surface area contributed by atoms with E-state index in [2.05, 4.69) is 14.8 Å². The van der Waals surface area contributed by atoms with Crippen LogP contribution < -0.4 is 10.0 Å². The van der Waals surface area contributed by atoms with Gasteiger partial charge in [0.25, 0.3) is 0 Å². The normalized spacial score (nSPS) is 18.9. The topological polar surface area (TPSA) is 84.5 Å². The highest BCUT2D eigenvalue weighted by molar-refractivity contribution is 7.89. The van der Waals surface area contributed by atoms with E-state index >= 15 is 0 Å². The van der Waals surface area contributed by atoms with E-state index in [4.69, 9.17) is 0 Å². The number of hydrogen-bond donors (Lipinski definition) is 2. The summed E-state index contributed by atoms with van der Waals surface area (Å²) in [5, 5.41) is 3.31. The number of esters is 1. The molecule has 1 unspecified atom stereocenters. The Bertz CT molecular complexity index is 610. The lowest BCUT2D eigenvalue weighted by atomic mass is 9.96. The number of carbonyl (C=O) groups excluding carboxylic acids is 1. The highest BCUT2D eigenvalue weighted by Gasteiger charge is 2.18. The number of benzene rings is 1. The molecule has 0 aromatic heterocycles. The summed E-state index contributed by atoms with van der Waals surface area (Å²) in [4.78, 5) is 11.5. The van der Waals surface area contributed by atoms with Crippen LogP contribution in [0.2, 0.25) is 0 Å². The lowest BCUT2D eigenvalue weighted by molar-refractivity contribution is 0.0600. The minimum atomic E-state index is -3.60. The number of methoxy groups -OCH3 is 1. The highest BCUT2D eigenvalue weighted by atomic mass is 32.2. The number of nitrogens with one attached hydrogen (secondary N) is 2. The molecule has 2 N–H and O–H groups in total. The van der Waals surface area contributed by atoms with Crippen molar-refractivity contribution in [2.24, 2.45) is 5.92 Å². The lowest BCUT2D eigenvalue weighted by Gasteiger charge is -2.22. The summed E-state index contributed by atoms with van der Waals surface area (Å²) >= 11 is 0. The van der Waals surface area contributed by atoms with Crippen LogP contribution in [0.3, 0.4) is 0 Å². The number of hydrogen-bond acceptors (Lipinski definition) is 5. The van der Waals surface area contributed by atoms with Crippen LogP contribution in [0.25, 0.3) is 0 Å². The summed E-state index contributed by atoms with van der Waals surface area (Å²) in [5.41, 5.74) is 0.224. The molecule has 1 aromatic carbocycles. The van der Waals surface area contributed by atoms with Gasteiger partial charge in [-0.2, -0.15) is 0 Å². The predicted molar refractivity (Wildman–Crippen MR) is 83.2 cm³/mol. The van der Waals surface area contributed by atoms with E-state index in [0.717, 1.165) is 32.4 Å². The first-order valence-corrected chi connectivity index (χ1v) is 8.90. The number of ether oxygens (including phenoxy) is 1. The predicted octanol–water partition coefficient (Wildman–Crippen LogP) is 1.14. The van der Waals surface area contributed by atoms with Gasteiger partial charge in [-0.25, -0.2) is 17.9 Å². The highest BCUT2D eigenvalue weighted by Crippen LogP contribution is 2.15. The molecule has 7 heteroatoms. The van der Waals surface area contributed by atoms with Crippen LogP contribution in [0.1, 0.15) is 29.6 Å². The molecule has 6 nitrogen and oxygen atoms in total. The summed E-state index contributed by atoms with van der Waals surface area (Å²) in [6.45, 7) is 2.39. The zero-order valence-electron chi connectivity index (χ0n) is 12.7. The molecule has 0 bridgehead atoms. The van der Waals surface area contributed by atoms with Crippen molar-refractivity contribution in [3.8, 4) is 0 Å². The summed E-state index contributed by atoms with van der Waals surface area (Å²) < 4.78 is 31.7. The van der Waals surface area contributed by atoms with Gasteiger partial charge < -0.3 is 10.1 Å². The van der Waals surface area contributed by atoms with E-state index < -0.39 is 16.0 Å². The van der Waals surface area contributed by atoms with Gasteiger partial charge in [-0.1, -0.05) is 6.07 Å². The van der Waals surface area contributed by atoms with Gasteiger partial charge in [0.1, 0.15) is 0 Å². The molecule has 22 heavy (non-hydrogen) atoms. The van der Waals surface area contributed by atoms with Gasteiger partial charge in [-0.3, -0.25) is 0 Å². The van der Waals surface area contributed by atoms with Gasteiger partial charge in [0, 0.05) is 6.54 Å². The number of rotatable bonds is 6. The van der Waals surface area contributed by atoms with Crippen molar-refractivity contribution in [2.75, 3.05) is 26.7 Å². The van der Waals surface area contributed by atoms with Crippen molar-refractivity contribution >= 4 is 16.0 Å². The van der Waals surface area contributed by atoms with Crippen LogP contribution in [-0.4, -0.2) is 41.1 Å². The van der Waals surface area contributed by atoms with Gasteiger partial charge in [-0.05, 0) is 56.5 Å². The molecule has 0 saturated carbocycles.